The largest absolute Gasteiger partial charge is 0.498 e. The first kappa shape index (κ1) is 20.9. The van der Waals surface area contributed by atoms with Crippen LogP contribution in [0.5, 0.6) is 5.75 Å². The van der Waals surface area contributed by atoms with Gasteiger partial charge in [0.15, 0.2) is 0 Å². The van der Waals surface area contributed by atoms with Gasteiger partial charge in [-0.15, -0.1) is 0 Å². The van der Waals surface area contributed by atoms with Gasteiger partial charge in [-0.1, -0.05) is 13.5 Å². The molecule has 1 aliphatic carbocycles. The van der Waals surface area contributed by atoms with Crippen LogP contribution in [0.3, 0.4) is 0 Å². The van der Waals surface area contributed by atoms with Gasteiger partial charge in [0, 0.05) is 10.8 Å². The van der Waals surface area contributed by atoms with Crippen molar-refractivity contribution in [2.45, 2.75) is 44.6 Å². The average Bonchev–Trinajstić information content (AvgIpc) is 3.15. The molecule has 0 atom stereocenters. The van der Waals surface area contributed by atoms with Crippen molar-refractivity contribution in [1.82, 2.24) is 0 Å². The standard InChI is InChI=1S/C22H24FIO4/c1-3-22(9-5-6-10-22)28-21(25)18-14-19(24)20(27-12-11-26-4-2)16-8-7-15(23)13-17(16)18/h4,7-8,13-14H,2-3,5-6,9-12H2,1H3. The maximum atomic E-state index is 14.0. The third-order valence-electron chi connectivity index (χ3n) is 5.26. The lowest BCUT2D eigenvalue weighted by molar-refractivity contribution is -0.0170. The van der Waals surface area contributed by atoms with E-state index in [1.54, 1.807) is 12.1 Å². The van der Waals surface area contributed by atoms with Gasteiger partial charge in [-0.05, 0) is 79.0 Å². The Hall–Kier alpha value is -1.83. The molecule has 0 aromatic heterocycles. The van der Waals surface area contributed by atoms with Crippen molar-refractivity contribution >= 4 is 39.3 Å². The molecule has 0 bridgehead atoms. The molecule has 1 aliphatic rings. The smallest absolute Gasteiger partial charge is 0.339 e. The molecule has 4 nitrogen and oxygen atoms in total. The third-order valence-corrected chi connectivity index (χ3v) is 6.06. The van der Waals surface area contributed by atoms with Crippen LogP contribution in [-0.2, 0) is 9.47 Å². The molecule has 150 valence electrons. The average molecular weight is 498 g/mol. The van der Waals surface area contributed by atoms with Crippen molar-refractivity contribution in [1.29, 1.82) is 0 Å². The fourth-order valence-electron chi connectivity index (χ4n) is 3.73. The minimum Gasteiger partial charge on any atom is -0.498 e. The number of carbonyl (C=O) groups is 1. The number of hydrogen-bond donors (Lipinski definition) is 0. The van der Waals surface area contributed by atoms with E-state index in [9.17, 15) is 9.18 Å². The van der Waals surface area contributed by atoms with Crippen molar-refractivity contribution in [3.05, 3.63) is 52.1 Å². The van der Waals surface area contributed by atoms with Crippen LogP contribution in [0.2, 0.25) is 0 Å². The van der Waals surface area contributed by atoms with Crippen molar-refractivity contribution in [3.63, 3.8) is 0 Å². The van der Waals surface area contributed by atoms with Crippen LogP contribution in [0.15, 0.2) is 37.1 Å². The fourth-order valence-corrected chi connectivity index (χ4v) is 4.48. The molecule has 0 N–H and O–H groups in total. The first-order valence-electron chi connectivity index (χ1n) is 9.50. The molecule has 0 amide bonds. The molecule has 0 saturated heterocycles. The van der Waals surface area contributed by atoms with E-state index in [-0.39, 0.29) is 0 Å². The van der Waals surface area contributed by atoms with Gasteiger partial charge >= 0.3 is 5.97 Å². The number of rotatable bonds is 8. The number of fused-ring (bicyclic) bond motifs is 1. The van der Waals surface area contributed by atoms with E-state index in [4.69, 9.17) is 14.2 Å². The first-order valence-corrected chi connectivity index (χ1v) is 10.6. The molecular formula is C22H24FIO4. The Kier molecular flexibility index (Phi) is 6.80. The van der Waals surface area contributed by atoms with Crippen LogP contribution < -0.4 is 4.74 Å². The van der Waals surface area contributed by atoms with E-state index < -0.39 is 17.4 Å². The molecule has 0 radical (unpaired) electrons. The van der Waals surface area contributed by atoms with Gasteiger partial charge in [0.05, 0.1) is 15.4 Å². The highest BCUT2D eigenvalue weighted by Gasteiger charge is 2.36. The minimum atomic E-state index is -0.408. The molecule has 1 saturated carbocycles. The van der Waals surface area contributed by atoms with Crippen LogP contribution in [0.1, 0.15) is 49.4 Å². The Morgan fingerprint density at radius 1 is 1.25 bits per heavy atom. The predicted molar refractivity (Wildman–Crippen MR) is 115 cm³/mol. The highest BCUT2D eigenvalue weighted by atomic mass is 127. The van der Waals surface area contributed by atoms with E-state index in [1.165, 1.54) is 18.4 Å². The number of benzene rings is 2. The number of carbonyl (C=O) groups excluding carboxylic acids is 1. The Bertz CT molecular complexity index is 874. The summed E-state index contributed by atoms with van der Waals surface area (Å²) in [7, 11) is 0. The lowest BCUT2D eigenvalue weighted by atomic mass is 9.98. The summed E-state index contributed by atoms with van der Waals surface area (Å²) in [6, 6.07) is 6.08. The van der Waals surface area contributed by atoms with Crippen LogP contribution in [0, 0.1) is 9.39 Å². The van der Waals surface area contributed by atoms with Crippen molar-refractivity contribution in [2.24, 2.45) is 0 Å². The quantitative estimate of drug-likeness (QED) is 0.194. The minimum absolute atomic E-state index is 0.317. The molecule has 2 aromatic carbocycles. The molecule has 28 heavy (non-hydrogen) atoms. The van der Waals surface area contributed by atoms with E-state index >= 15 is 0 Å². The van der Waals surface area contributed by atoms with Gasteiger partial charge in [-0.2, -0.15) is 0 Å². The molecule has 3 rings (SSSR count). The Morgan fingerprint density at radius 3 is 2.68 bits per heavy atom. The normalized spacial score (nSPS) is 15.4. The highest BCUT2D eigenvalue weighted by Crippen LogP contribution is 2.39. The molecule has 2 aromatic rings. The van der Waals surface area contributed by atoms with Gasteiger partial charge in [0.1, 0.15) is 30.4 Å². The van der Waals surface area contributed by atoms with E-state index in [0.29, 0.717) is 35.3 Å². The van der Waals surface area contributed by atoms with Crippen LogP contribution in [0.25, 0.3) is 10.8 Å². The molecule has 1 fully saturated rings. The first-order chi connectivity index (χ1) is 13.5. The summed E-state index contributed by atoms with van der Waals surface area (Å²) in [5, 5.41) is 1.17. The van der Waals surface area contributed by atoms with Gasteiger partial charge in [0.25, 0.3) is 0 Å². The predicted octanol–water partition coefficient (Wildman–Crippen LogP) is 6.00. The zero-order valence-corrected chi connectivity index (χ0v) is 18.1. The van der Waals surface area contributed by atoms with Crippen LogP contribution in [0.4, 0.5) is 4.39 Å². The number of esters is 1. The second kappa shape index (κ2) is 9.11. The summed E-state index contributed by atoms with van der Waals surface area (Å²) in [4.78, 5) is 13.0. The molecule has 0 spiro atoms. The van der Waals surface area contributed by atoms with Gasteiger partial charge < -0.3 is 14.2 Å². The van der Waals surface area contributed by atoms with Crippen LogP contribution >= 0.6 is 22.6 Å². The highest BCUT2D eigenvalue weighted by molar-refractivity contribution is 14.1. The maximum absolute atomic E-state index is 14.0. The molecular weight excluding hydrogens is 474 g/mol. The number of halogens is 2. The molecule has 6 heteroatoms. The molecule has 0 aliphatic heterocycles. The van der Waals surface area contributed by atoms with Crippen LogP contribution in [-0.4, -0.2) is 24.8 Å². The molecule has 0 heterocycles. The maximum Gasteiger partial charge on any atom is 0.339 e. The summed E-state index contributed by atoms with van der Waals surface area (Å²) in [5.74, 6) is -0.209. The summed E-state index contributed by atoms with van der Waals surface area (Å²) >= 11 is 2.13. The van der Waals surface area contributed by atoms with E-state index in [0.717, 1.165) is 35.7 Å². The van der Waals surface area contributed by atoms with Crippen molar-refractivity contribution in [2.75, 3.05) is 13.2 Å². The second-order valence-electron chi connectivity index (χ2n) is 6.94. The van der Waals surface area contributed by atoms with Gasteiger partial charge in [-0.25, -0.2) is 9.18 Å². The van der Waals surface area contributed by atoms with E-state index in [2.05, 4.69) is 29.2 Å². The lowest BCUT2D eigenvalue weighted by Gasteiger charge is -2.28. The Morgan fingerprint density at radius 2 is 2.00 bits per heavy atom. The van der Waals surface area contributed by atoms with Gasteiger partial charge in [0.2, 0.25) is 0 Å². The SMILES string of the molecule is C=COCCOc1c(I)cc(C(=O)OC2(CC)CCCC2)c2cc(F)ccc12. The summed E-state index contributed by atoms with van der Waals surface area (Å²) in [6.07, 6.45) is 6.02. The Balaban J connectivity index is 1.97. The van der Waals surface area contributed by atoms with Crippen molar-refractivity contribution in [3.8, 4) is 5.75 Å². The van der Waals surface area contributed by atoms with Gasteiger partial charge in [-0.3, -0.25) is 0 Å². The zero-order valence-electron chi connectivity index (χ0n) is 15.9. The Labute approximate surface area is 178 Å². The topological polar surface area (TPSA) is 44.8 Å². The number of ether oxygens (including phenoxy) is 3. The zero-order chi connectivity index (χ0) is 20.1. The van der Waals surface area contributed by atoms with Crippen molar-refractivity contribution < 1.29 is 23.4 Å². The summed E-state index contributed by atoms with van der Waals surface area (Å²) in [5.41, 5.74) is -0.0346. The summed E-state index contributed by atoms with van der Waals surface area (Å²) in [6.45, 7) is 6.21. The second-order valence-corrected chi connectivity index (χ2v) is 8.11. The fraction of sp³-hybridized carbons (Fsp3) is 0.409. The summed E-state index contributed by atoms with van der Waals surface area (Å²) < 4.78 is 31.6. The lowest BCUT2D eigenvalue weighted by Crippen LogP contribution is -2.31. The van der Waals surface area contributed by atoms with E-state index in [1.807, 2.05) is 6.92 Å². The number of hydrogen-bond acceptors (Lipinski definition) is 4. The third kappa shape index (κ3) is 4.42. The molecule has 0 unspecified atom stereocenters. The monoisotopic (exact) mass is 498 g/mol.